The van der Waals surface area contributed by atoms with Crippen LogP contribution in [0.25, 0.3) is 0 Å². The maximum Gasteiger partial charge on any atom is 0.179 e. The molecule has 0 unspecified atom stereocenters. The van der Waals surface area contributed by atoms with Gasteiger partial charge in [-0.2, -0.15) is 10.5 Å². The summed E-state index contributed by atoms with van der Waals surface area (Å²) in [6.45, 7) is 0.841. The van der Waals surface area contributed by atoms with Gasteiger partial charge in [0.2, 0.25) is 0 Å². The van der Waals surface area contributed by atoms with Gasteiger partial charge in [-0.05, 0) is 24.3 Å². The molecule has 0 atom stereocenters. The zero-order chi connectivity index (χ0) is 14.7. The van der Waals surface area contributed by atoms with Crippen LogP contribution in [-0.4, -0.2) is 23.5 Å². The van der Waals surface area contributed by atoms with E-state index in [0.29, 0.717) is 13.1 Å². The number of benzene rings is 2. The van der Waals surface area contributed by atoms with E-state index >= 15 is 0 Å². The van der Waals surface area contributed by atoms with Crippen molar-refractivity contribution < 1.29 is 0 Å². The van der Waals surface area contributed by atoms with Crippen molar-refractivity contribution in [3.63, 3.8) is 0 Å². The highest BCUT2D eigenvalue weighted by atomic mass is 15.4. The summed E-state index contributed by atoms with van der Waals surface area (Å²) in [5.74, 6) is 0. The lowest BCUT2D eigenvalue weighted by Crippen LogP contribution is -2.67. The van der Waals surface area contributed by atoms with Crippen LogP contribution in [0.5, 0.6) is 0 Å². The van der Waals surface area contributed by atoms with E-state index in [-0.39, 0.29) is 0 Å². The lowest BCUT2D eigenvalue weighted by Gasteiger charge is -2.50. The second-order valence-corrected chi connectivity index (χ2v) is 5.11. The third kappa shape index (κ3) is 2.17. The number of hydrogen-bond acceptors (Lipinski definition) is 4. The number of para-hydroxylation sites is 2. The van der Waals surface area contributed by atoms with E-state index in [0.717, 1.165) is 11.4 Å². The molecule has 0 amide bonds. The Bertz CT molecular complexity index is 652. The molecule has 2 aromatic carbocycles. The Morgan fingerprint density at radius 1 is 0.857 bits per heavy atom. The van der Waals surface area contributed by atoms with Gasteiger partial charge in [0.1, 0.15) is 0 Å². The van der Waals surface area contributed by atoms with E-state index in [1.165, 1.54) is 0 Å². The summed E-state index contributed by atoms with van der Waals surface area (Å²) in [6, 6.07) is 22.1. The minimum absolute atomic E-state index is 0.420. The number of anilines is 2. The molecule has 0 spiro atoms. The maximum atomic E-state index is 9.72. The summed E-state index contributed by atoms with van der Waals surface area (Å²) in [5.41, 5.74) is 1.23. The van der Waals surface area contributed by atoms with Crippen LogP contribution >= 0.6 is 0 Å². The highest BCUT2D eigenvalue weighted by Gasteiger charge is 2.49. The topological polar surface area (TPSA) is 54.1 Å². The Morgan fingerprint density at radius 2 is 1.33 bits per heavy atom. The fraction of sp³-hybridized carbons (Fsp3) is 0.176. The largest absolute Gasteiger partial charge is 0.319 e. The molecule has 21 heavy (non-hydrogen) atoms. The normalized spacial score (nSPS) is 15.4. The van der Waals surface area contributed by atoms with Crippen molar-refractivity contribution in [3.05, 3.63) is 60.7 Å². The molecule has 1 aliphatic rings. The Kier molecular flexibility index (Phi) is 3.22. The molecule has 4 heteroatoms. The van der Waals surface area contributed by atoms with Crippen molar-refractivity contribution >= 4 is 11.4 Å². The molecule has 0 N–H and O–H groups in total. The van der Waals surface area contributed by atoms with Crippen LogP contribution in [0.15, 0.2) is 60.7 Å². The smallest absolute Gasteiger partial charge is 0.179 e. The van der Waals surface area contributed by atoms with Gasteiger partial charge >= 0.3 is 0 Å². The molecule has 1 heterocycles. The van der Waals surface area contributed by atoms with Crippen molar-refractivity contribution in [2.45, 2.75) is 5.54 Å². The highest BCUT2D eigenvalue weighted by Crippen LogP contribution is 2.38. The summed E-state index contributed by atoms with van der Waals surface area (Å²) in [7, 11) is 0. The van der Waals surface area contributed by atoms with Gasteiger partial charge in [-0.1, -0.05) is 36.4 Å². The molecule has 1 fully saturated rings. The first-order chi connectivity index (χ1) is 10.3. The first-order valence-corrected chi connectivity index (χ1v) is 6.75. The van der Waals surface area contributed by atoms with Crippen LogP contribution in [0.2, 0.25) is 0 Å². The second-order valence-electron chi connectivity index (χ2n) is 5.11. The minimum Gasteiger partial charge on any atom is -0.319 e. The fourth-order valence-corrected chi connectivity index (χ4v) is 2.72. The van der Waals surface area contributed by atoms with Crippen LogP contribution in [0, 0.1) is 22.8 Å². The lowest BCUT2D eigenvalue weighted by atomic mass is 9.88. The third-order valence-electron chi connectivity index (χ3n) is 3.71. The molecule has 4 nitrogen and oxygen atoms in total. The number of nitrogens with zero attached hydrogens (tertiary/aromatic N) is 4. The van der Waals surface area contributed by atoms with Gasteiger partial charge in [0.25, 0.3) is 0 Å². The van der Waals surface area contributed by atoms with Gasteiger partial charge in [0.15, 0.2) is 11.7 Å². The SMILES string of the molecule is N#CN1CC(C#N)(N(c2ccccc2)c2ccccc2)C1. The highest BCUT2D eigenvalue weighted by molar-refractivity contribution is 5.68. The molecule has 1 aliphatic heterocycles. The summed E-state index contributed by atoms with van der Waals surface area (Å²) < 4.78 is 0. The van der Waals surface area contributed by atoms with E-state index in [9.17, 15) is 5.26 Å². The maximum absolute atomic E-state index is 9.72. The Labute approximate surface area is 124 Å². The zero-order valence-corrected chi connectivity index (χ0v) is 11.5. The summed E-state index contributed by atoms with van der Waals surface area (Å²) in [4.78, 5) is 3.63. The number of hydrogen-bond donors (Lipinski definition) is 0. The van der Waals surface area contributed by atoms with Crippen LogP contribution < -0.4 is 4.90 Å². The van der Waals surface area contributed by atoms with Crippen molar-refractivity contribution in [1.82, 2.24) is 4.90 Å². The van der Waals surface area contributed by atoms with Crippen molar-refractivity contribution in [1.29, 1.82) is 10.5 Å². The molecule has 3 rings (SSSR count). The van der Waals surface area contributed by atoms with Gasteiger partial charge in [-0.3, -0.25) is 0 Å². The number of likely N-dealkylation sites (tertiary alicyclic amines) is 1. The Hall–Kier alpha value is -2.98. The standard InChI is InChI=1S/C17H14N4/c18-11-17(12-20(13-17)14-19)21(15-7-3-1-4-8-15)16-9-5-2-6-10-16/h1-10H,12-13H2. The molecule has 1 saturated heterocycles. The molecular formula is C17H14N4. The Balaban J connectivity index is 2.06. The van der Waals surface area contributed by atoms with E-state index in [1.54, 1.807) is 4.90 Å². The van der Waals surface area contributed by atoms with E-state index in [2.05, 4.69) is 12.3 Å². The summed E-state index contributed by atoms with van der Waals surface area (Å²) in [5, 5.41) is 18.7. The minimum atomic E-state index is -0.696. The van der Waals surface area contributed by atoms with Gasteiger partial charge in [-0.25, -0.2) is 0 Å². The van der Waals surface area contributed by atoms with E-state index in [4.69, 9.17) is 5.26 Å². The molecule has 102 valence electrons. The number of rotatable bonds is 3. The summed E-state index contributed by atoms with van der Waals surface area (Å²) in [6.07, 6.45) is 2.10. The van der Waals surface area contributed by atoms with Crippen LogP contribution in [-0.2, 0) is 0 Å². The average Bonchev–Trinajstić information content (AvgIpc) is 2.52. The van der Waals surface area contributed by atoms with Crippen LogP contribution in [0.3, 0.4) is 0 Å². The predicted molar refractivity (Wildman–Crippen MR) is 80.6 cm³/mol. The van der Waals surface area contributed by atoms with Gasteiger partial charge in [-0.15, -0.1) is 0 Å². The monoisotopic (exact) mass is 274 g/mol. The molecule has 0 radical (unpaired) electrons. The van der Waals surface area contributed by atoms with Crippen molar-refractivity contribution in [3.8, 4) is 12.3 Å². The third-order valence-corrected chi connectivity index (χ3v) is 3.71. The van der Waals surface area contributed by atoms with E-state index in [1.807, 2.05) is 65.6 Å². The van der Waals surface area contributed by atoms with Gasteiger partial charge in [0.05, 0.1) is 19.2 Å². The second kappa shape index (κ2) is 5.19. The van der Waals surface area contributed by atoms with E-state index < -0.39 is 5.54 Å². The zero-order valence-electron chi connectivity index (χ0n) is 11.5. The molecular weight excluding hydrogens is 260 g/mol. The number of nitriles is 2. The predicted octanol–water partition coefficient (Wildman–Crippen LogP) is 2.88. The van der Waals surface area contributed by atoms with Gasteiger partial charge < -0.3 is 9.80 Å². The lowest BCUT2D eigenvalue weighted by molar-refractivity contribution is 0.178. The molecule has 0 aromatic heterocycles. The first-order valence-electron chi connectivity index (χ1n) is 6.75. The molecule has 0 aliphatic carbocycles. The van der Waals surface area contributed by atoms with Crippen LogP contribution in [0.4, 0.5) is 11.4 Å². The molecule has 0 bridgehead atoms. The average molecular weight is 274 g/mol. The summed E-state index contributed by atoms with van der Waals surface area (Å²) >= 11 is 0. The van der Waals surface area contributed by atoms with Gasteiger partial charge in [0, 0.05) is 11.4 Å². The molecule has 2 aromatic rings. The van der Waals surface area contributed by atoms with Crippen molar-refractivity contribution in [2.24, 2.45) is 0 Å². The first kappa shape index (κ1) is 13.0. The quantitative estimate of drug-likeness (QED) is 0.808. The Morgan fingerprint density at radius 3 is 1.71 bits per heavy atom. The fourth-order valence-electron chi connectivity index (χ4n) is 2.72. The van der Waals surface area contributed by atoms with Crippen molar-refractivity contribution in [2.75, 3.05) is 18.0 Å². The molecule has 0 saturated carbocycles. The van der Waals surface area contributed by atoms with Crippen LogP contribution in [0.1, 0.15) is 0 Å².